The van der Waals surface area contributed by atoms with E-state index >= 15 is 0 Å². The van der Waals surface area contributed by atoms with Gasteiger partial charge in [0.2, 0.25) is 0 Å². The zero-order chi connectivity index (χ0) is 27.5. The molecule has 0 bridgehead atoms. The van der Waals surface area contributed by atoms with Crippen LogP contribution in [-0.4, -0.2) is 43.0 Å². The van der Waals surface area contributed by atoms with Crippen molar-refractivity contribution in [3.8, 4) is 11.5 Å². The van der Waals surface area contributed by atoms with Crippen molar-refractivity contribution in [2.24, 2.45) is 5.73 Å². The molecule has 0 saturated heterocycles. The van der Waals surface area contributed by atoms with Gasteiger partial charge in [0.05, 0.1) is 44.4 Å². The van der Waals surface area contributed by atoms with E-state index in [9.17, 15) is 9.59 Å². The molecular weight excluding hydrogens is 570 g/mol. The maximum absolute atomic E-state index is 12.2. The van der Waals surface area contributed by atoms with Gasteiger partial charge in [-0.2, -0.15) is 0 Å². The second kappa shape index (κ2) is 15.2. The zero-order valence-electron chi connectivity index (χ0n) is 20.6. The largest absolute Gasteiger partial charge is 0.494 e. The Bertz CT molecular complexity index is 1220. The fraction of sp³-hybridized carbons (Fsp3) is 0.286. The van der Waals surface area contributed by atoms with Crippen LogP contribution in [0.1, 0.15) is 46.4 Å². The molecule has 3 aromatic rings. The maximum atomic E-state index is 12.2. The molecule has 2 N–H and O–H groups in total. The van der Waals surface area contributed by atoms with Gasteiger partial charge < -0.3 is 15.2 Å². The van der Waals surface area contributed by atoms with Gasteiger partial charge in [-0.3, -0.25) is 14.5 Å². The lowest BCUT2D eigenvalue weighted by Crippen LogP contribution is -2.30. The fourth-order valence-electron chi connectivity index (χ4n) is 3.57. The number of carbonyl (C=O) groups excluding carboxylic acids is 2. The topological polar surface area (TPSA) is 81.9 Å². The highest BCUT2D eigenvalue weighted by Gasteiger charge is 2.34. The number of fused-ring (bicyclic) bond motifs is 1. The predicted octanol–water partition coefficient (Wildman–Crippen LogP) is 7.56. The van der Waals surface area contributed by atoms with E-state index in [1.807, 2.05) is 0 Å². The number of hydrogen-bond donors (Lipinski definition) is 1. The SMILES string of the molecule is NCCCCOc1ccc(Cl)c(Cl)c1.O=C1c2ccccc2C(=O)N1CCCCOc1ccc(Cl)c(Cl)c1. The standard InChI is InChI=1S/C18H15Cl2NO3.C10H13Cl2NO/c19-15-8-7-12(11-16(15)20)24-10-4-3-9-21-17(22)13-5-1-2-6-14(13)18(21)23;11-9-4-3-8(7-10(9)12)14-6-2-1-5-13/h1-2,5-8,11H,3-4,9-10H2;3-4,7H,1-2,5-6,13H2. The lowest BCUT2D eigenvalue weighted by atomic mass is 10.1. The summed E-state index contributed by atoms with van der Waals surface area (Å²) >= 11 is 23.4. The van der Waals surface area contributed by atoms with Crippen LogP contribution in [-0.2, 0) is 0 Å². The van der Waals surface area contributed by atoms with E-state index in [2.05, 4.69) is 0 Å². The molecule has 1 aliphatic rings. The molecule has 1 aliphatic heterocycles. The van der Waals surface area contributed by atoms with Crippen molar-refractivity contribution in [1.29, 1.82) is 0 Å². The fourth-order valence-corrected chi connectivity index (χ4v) is 4.15. The number of halogens is 4. The normalized spacial score (nSPS) is 12.2. The summed E-state index contributed by atoms with van der Waals surface area (Å²) in [6, 6.07) is 17.2. The van der Waals surface area contributed by atoms with E-state index < -0.39 is 0 Å². The first-order valence-electron chi connectivity index (χ1n) is 12.1. The molecule has 0 spiro atoms. The summed E-state index contributed by atoms with van der Waals surface area (Å²) in [7, 11) is 0. The summed E-state index contributed by atoms with van der Waals surface area (Å²) in [6.07, 6.45) is 3.32. The Kier molecular flexibility index (Phi) is 12.0. The molecule has 0 aromatic heterocycles. The molecular formula is C28H28Cl4N2O4. The van der Waals surface area contributed by atoms with Crippen molar-refractivity contribution < 1.29 is 19.1 Å². The Morgan fingerprint density at radius 3 is 1.55 bits per heavy atom. The first kappa shape index (κ1) is 30.1. The van der Waals surface area contributed by atoms with Crippen molar-refractivity contribution in [2.75, 3.05) is 26.3 Å². The molecule has 6 nitrogen and oxygen atoms in total. The first-order valence-corrected chi connectivity index (χ1v) is 13.6. The van der Waals surface area contributed by atoms with Gasteiger partial charge in [-0.05, 0) is 68.6 Å². The first-order chi connectivity index (χ1) is 18.3. The number of carbonyl (C=O) groups is 2. The monoisotopic (exact) mass is 596 g/mol. The number of hydrogen-bond acceptors (Lipinski definition) is 5. The van der Waals surface area contributed by atoms with E-state index in [1.165, 1.54) is 4.90 Å². The van der Waals surface area contributed by atoms with Gasteiger partial charge in [0.15, 0.2) is 0 Å². The van der Waals surface area contributed by atoms with Crippen LogP contribution in [0.2, 0.25) is 20.1 Å². The molecule has 2 amide bonds. The highest BCUT2D eigenvalue weighted by atomic mass is 35.5. The number of ether oxygens (including phenoxy) is 2. The summed E-state index contributed by atoms with van der Waals surface area (Å²) in [5, 5.41) is 1.98. The zero-order valence-corrected chi connectivity index (χ0v) is 23.6. The van der Waals surface area contributed by atoms with Crippen LogP contribution in [0.3, 0.4) is 0 Å². The van der Waals surface area contributed by atoms with Crippen molar-refractivity contribution >= 4 is 58.2 Å². The van der Waals surface area contributed by atoms with Crippen LogP contribution in [0.15, 0.2) is 60.7 Å². The van der Waals surface area contributed by atoms with Crippen LogP contribution in [0, 0.1) is 0 Å². The van der Waals surface area contributed by atoms with Gasteiger partial charge in [0, 0.05) is 18.7 Å². The number of benzene rings is 3. The smallest absolute Gasteiger partial charge is 0.261 e. The second-order valence-corrected chi connectivity index (χ2v) is 9.99. The summed E-state index contributed by atoms with van der Waals surface area (Å²) in [4.78, 5) is 25.7. The third-order valence-electron chi connectivity index (χ3n) is 5.57. The molecule has 38 heavy (non-hydrogen) atoms. The molecule has 0 fully saturated rings. The van der Waals surface area contributed by atoms with Gasteiger partial charge in [0.25, 0.3) is 11.8 Å². The number of rotatable bonds is 11. The highest BCUT2D eigenvalue weighted by Crippen LogP contribution is 2.27. The third kappa shape index (κ3) is 8.52. The Morgan fingerprint density at radius 2 is 1.11 bits per heavy atom. The average Bonchev–Trinajstić information content (AvgIpc) is 3.16. The molecule has 0 saturated carbocycles. The quantitative estimate of drug-likeness (QED) is 0.182. The number of amides is 2. The Hall–Kier alpha value is -2.48. The van der Waals surface area contributed by atoms with Crippen molar-refractivity contribution in [1.82, 2.24) is 4.90 Å². The van der Waals surface area contributed by atoms with Crippen LogP contribution < -0.4 is 15.2 Å². The summed E-state index contributed by atoms with van der Waals surface area (Å²) in [6.45, 7) is 2.22. The number of nitrogens with zero attached hydrogens (tertiary/aromatic N) is 1. The van der Waals surface area contributed by atoms with E-state index in [4.69, 9.17) is 61.6 Å². The van der Waals surface area contributed by atoms with Crippen LogP contribution >= 0.6 is 46.4 Å². The lowest BCUT2D eigenvalue weighted by Gasteiger charge is -2.13. The molecule has 0 aliphatic carbocycles. The van der Waals surface area contributed by atoms with E-state index in [1.54, 1.807) is 60.7 Å². The Morgan fingerprint density at radius 1 is 0.632 bits per heavy atom. The lowest BCUT2D eigenvalue weighted by molar-refractivity contribution is 0.0649. The van der Waals surface area contributed by atoms with Gasteiger partial charge >= 0.3 is 0 Å². The number of imide groups is 1. The minimum absolute atomic E-state index is 0.221. The van der Waals surface area contributed by atoms with Crippen LogP contribution in [0.5, 0.6) is 11.5 Å². The van der Waals surface area contributed by atoms with E-state index in [-0.39, 0.29) is 11.8 Å². The third-order valence-corrected chi connectivity index (χ3v) is 7.05. The minimum Gasteiger partial charge on any atom is -0.494 e. The molecule has 202 valence electrons. The van der Waals surface area contributed by atoms with Crippen molar-refractivity contribution in [3.63, 3.8) is 0 Å². The molecule has 4 rings (SSSR count). The summed E-state index contributed by atoms with van der Waals surface area (Å²) in [5.74, 6) is 0.948. The Balaban J connectivity index is 0.000000244. The van der Waals surface area contributed by atoms with E-state index in [0.29, 0.717) is 76.1 Å². The molecule has 3 aromatic carbocycles. The summed E-state index contributed by atoms with van der Waals surface area (Å²) in [5.41, 5.74) is 6.32. The van der Waals surface area contributed by atoms with Gasteiger partial charge in [-0.15, -0.1) is 0 Å². The van der Waals surface area contributed by atoms with Gasteiger partial charge in [0.1, 0.15) is 11.5 Å². The predicted molar refractivity (Wildman–Crippen MR) is 153 cm³/mol. The van der Waals surface area contributed by atoms with Crippen molar-refractivity contribution in [2.45, 2.75) is 25.7 Å². The van der Waals surface area contributed by atoms with Gasteiger partial charge in [-0.25, -0.2) is 0 Å². The average molecular weight is 598 g/mol. The highest BCUT2D eigenvalue weighted by molar-refractivity contribution is 6.42. The second-order valence-electron chi connectivity index (χ2n) is 8.36. The maximum Gasteiger partial charge on any atom is 0.261 e. The molecule has 0 unspecified atom stereocenters. The van der Waals surface area contributed by atoms with Crippen molar-refractivity contribution in [3.05, 3.63) is 91.9 Å². The Labute approximate surface area is 242 Å². The number of nitrogens with two attached hydrogens (primary N) is 1. The molecule has 1 heterocycles. The van der Waals surface area contributed by atoms with E-state index in [0.717, 1.165) is 18.6 Å². The van der Waals surface area contributed by atoms with Gasteiger partial charge in [-0.1, -0.05) is 58.5 Å². The van der Waals surface area contributed by atoms with Crippen LogP contribution in [0.25, 0.3) is 0 Å². The number of unbranched alkanes of at least 4 members (excludes halogenated alkanes) is 2. The van der Waals surface area contributed by atoms with Crippen LogP contribution in [0.4, 0.5) is 0 Å². The minimum atomic E-state index is -0.221. The molecule has 10 heteroatoms. The molecule has 0 radical (unpaired) electrons. The summed E-state index contributed by atoms with van der Waals surface area (Å²) < 4.78 is 11.0. The molecule has 0 atom stereocenters.